The number of nitrogens with zero attached hydrogens (tertiary/aromatic N) is 2. The monoisotopic (exact) mass is 493 g/mol. The van der Waals surface area contributed by atoms with Crippen molar-refractivity contribution in [2.24, 2.45) is 0 Å². The van der Waals surface area contributed by atoms with Crippen LogP contribution in [-0.2, 0) is 13.2 Å². The molecule has 0 fully saturated rings. The summed E-state index contributed by atoms with van der Waals surface area (Å²) in [5.74, 6) is 0.963. The van der Waals surface area contributed by atoms with Gasteiger partial charge in [-0.25, -0.2) is 4.39 Å². The highest BCUT2D eigenvalue weighted by molar-refractivity contribution is 6.33. The number of hydrogen-bond donors (Lipinski definition) is 1. The molecule has 0 radical (unpaired) electrons. The summed E-state index contributed by atoms with van der Waals surface area (Å²) in [6, 6.07) is 17.2. The fraction of sp³-hybridized carbons (Fsp3) is 0.185. The number of benzene rings is 3. The van der Waals surface area contributed by atoms with E-state index in [9.17, 15) is 9.18 Å². The summed E-state index contributed by atoms with van der Waals surface area (Å²) >= 11 is 6.29. The van der Waals surface area contributed by atoms with Crippen molar-refractivity contribution in [1.82, 2.24) is 9.78 Å². The third-order valence-corrected chi connectivity index (χ3v) is 5.75. The largest absolute Gasteiger partial charge is 0.496 e. The molecule has 0 aliphatic carbocycles. The van der Waals surface area contributed by atoms with Gasteiger partial charge in [-0.1, -0.05) is 35.9 Å². The van der Waals surface area contributed by atoms with Gasteiger partial charge in [-0.3, -0.25) is 9.48 Å². The quantitative estimate of drug-likeness (QED) is 0.318. The van der Waals surface area contributed by atoms with Crippen molar-refractivity contribution in [2.75, 3.05) is 12.4 Å². The Bertz CT molecular complexity index is 1350. The highest BCUT2D eigenvalue weighted by Crippen LogP contribution is 2.26. The molecule has 0 aliphatic rings. The third-order valence-electron chi connectivity index (χ3n) is 5.48. The number of aromatic nitrogens is 2. The number of carbonyl (C=O) groups excluding carboxylic acids is 1. The van der Waals surface area contributed by atoms with Crippen LogP contribution in [0.15, 0.2) is 66.9 Å². The van der Waals surface area contributed by atoms with E-state index < -0.39 is 0 Å². The van der Waals surface area contributed by atoms with Crippen LogP contribution in [0.5, 0.6) is 11.5 Å². The number of ether oxygens (including phenoxy) is 2. The number of carbonyl (C=O) groups is 1. The summed E-state index contributed by atoms with van der Waals surface area (Å²) in [4.78, 5) is 13.0. The van der Waals surface area contributed by atoms with Crippen molar-refractivity contribution in [3.63, 3.8) is 0 Å². The molecule has 3 aromatic carbocycles. The predicted molar refractivity (Wildman–Crippen MR) is 134 cm³/mol. The van der Waals surface area contributed by atoms with Crippen LogP contribution in [0.25, 0.3) is 0 Å². The molecular weight excluding hydrogens is 469 g/mol. The lowest BCUT2D eigenvalue weighted by molar-refractivity contribution is 0.102. The van der Waals surface area contributed by atoms with Gasteiger partial charge in [0, 0.05) is 17.3 Å². The van der Waals surface area contributed by atoms with Gasteiger partial charge in [-0.05, 0) is 66.9 Å². The number of anilines is 1. The maximum Gasteiger partial charge on any atom is 0.256 e. The molecule has 0 spiro atoms. The van der Waals surface area contributed by atoms with Gasteiger partial charge in [0.25, 0.3) is 5.91 Å². The number of nitrogens with one attached hydrogen (secondary N) is 1. The Labute approximate surface area is 208 Å². The zero-order valence-corrected chi connectivity index (χ0v) is 20.4. The molecular formula is C27H25ClFN3O3. The van der Waals surface area contributed by atoms with Gasteiger partial charge in [0.05, 0.1) is 13.7 Å². The molecule has 180 valence electrons. The van der Waals surface area contributed by atoms with Gasteiger partial charge in [0.15, 0.2) is 5.82 Å². The van der Waals surface area contributed by atoms with E-state index in [1.807, 2.05) is 32.0 Å². The zero-order chi connectivity index (χ0) is 24.9. The van der Waals surface area contributed by atoms with Crippen LogP contribution in [0.1, 0.15) is 32.6 Å². The second kappa shape index (κ2) is 10.6. The first-order valence-corrected chi connectivity index (χ1v) is 11.4. The van der Waals surface area contributed by atoms with E-state index >= 15 is 0 Å². The van der Waals surface area contributed by atoms with Crippen LogP contribution < -0.4 is 14.8 Å². The Kier molecular flexibility index (Phi) is 7.36. The summed E-state index contributed by atoms with van der Waals surface area (Å²) in [6.07, 6.45) is 1.61. The molecule has 0 atom stereocenters. The van der Waals surface area contributed by atoms with E-state index in [1.54, 1.807) is 48.3 Å². The second-order valence-corrected chi connectivity index (χ2v) is 8.60. The fourth-order valence-corrected chi connectivity index (χ4v) is 3.77. The van der Waals surface area contributed by atoms with Gasteiger partial charge in [-0.2, -0.15) is 5.10 Å². The Morgan fingerprint density at radius 2 is 1.83 bits per heavy atom. The molecule has 1 aromatic heterocycles. The van der Waals surface area contributed by atoms with Gasteiger partial charge in [0.1, 0.15) is 28.9 Å². The first-order valence-electron chi connectivity index (χ1n) is 11.0. The Hall–Kier alpha value is -3.84. The normalized spacial score (nSPS) is 10.8. The number of halogens is 2. The van der Waals surface area contributed by atoms with E-state index in [1.165, 1.54) is 12.1 Å². The molecule has 0 saturated carbocycles. The summed E-state index contributed by atoms with van der Waals surface area (Å²) in [6.45, 7) is 4.61. The summed E-state index contributed by atoms with van der Waals surface area (Å²) in [5.41, 5.74) is 4.12. The Morgan fingerprint density at radius 1 is 1.06 bits per heavy atom. The predicted octanol–water partition coefficient (Wildman–Crippen LogP) is 6.18. The second-order valence-electron chi connectivity index (χ2n) is 8.19. The van der Waals surface area contributed by atoms with Crippen LogP contribution in [0, 0.1) is 19.7 Å². The molecule has 1 heterocycles. The maximum absolute atomic E-state index is 13.1. The minimum absolute atomic E-state index is 0.238. The molecule has 1 amide bonds. The van der Waals surface area contributed by atoms with E-state index in [2.05, 4.69) is 10.4 Å². The highest BCUT2D eigenvalue weighted by atomic mass is 35.5. The number of rotatable bonds is 8. The van der Waals surface area contributed by atoms with E-state index in [4.69, 9.17) is 21.1 Å². The third kappa shape index (κ3) is 6.00. The van der Waals surface area contributed by atoms with Crippen molar-refractivity contribution in [2.45, 2.75) is 27.0 Å². The zero-order valence-electron chi connectivity index (χ0n) is 19.6. The number of methoxy groups -OCH3 is 1. The number of aryl methyl sites for hydroxylation is 2. The summed E-state index contributed by atoms with van der Waals surface area (Å²) < 4.78 is 26.2. The molecule has 4 aromatic rings. The SMILES string of the molecule is COc1ccc(C(=O)Nc2nn(Cc3ccc(F)cc3)cc2Cl)cc1COc1cc(C)ccc1C. The fourth-order valence-electron chi connectivity index (χ4n) is 3.57. The van der Waals surface area contributed by atoms with E-state index in [-0.39, 0.29) is 24.1 Å². The van der Waals surface area contributed by atoms with Gasteiger partial charge in [-0.15, -0.1) is 0 Å². The van der Waals surface area contributed by atoms with Crippen LogP contribution >= 0.6 is 11.6 Å². The van der Waals surface area contributed by atoms with Crippen LogP contribution in [-0.4, -0.2) is 22.8 Å². The molecule has 6 nitrogen and oxygen atoms in total. The van der Waals surface area contributed by atoms with Crippen LogP contribution in [0.2, 0.25) is 5.02 Å². The standard InChI is InChI=1S/C27H25ClFN3O3/c1-17-4-5-18(2)25(12-17)35-16-21-13-20(8-11-24(21)34-3)27(33)30-26-23(28)15-32(31-26)14-19-6-9-22(29)10-7-19/h4-13,15H,14,16H2,1-3H3,(H,30,31,33). The number of hydrogen-bond acceptors (Lipinski definition) is 4. The number of amides is 1. The average Bonchev–Trinajstić information content (AvgIpc) is 3.19. The minimum atomic E-state index is -0.366. The maximum atomic E-state index is 13.1. The van der Waals surface area contributed by atoms with E-state index in [0.29, 0.717) is 22.9 Å². The summed E-state index contributed by atoms with van der Waals surface area (Å²) in [7, 11) is 1.57. The van der Waals surface area contributed by atoms with Crippen LogP contribution in [0.3, 0.4) is 0 Å². The lowest BCUT2D eigenvalue weighted by atomic mass is 10.1. The minimum Gasteiger partial charge on any atom is -0.496 e. The molecule has 8 heteroatoms. The van der Waals surface area contributed by atoms with Gasteiger partial charge < -0.3 is 14.8 Å². The highest BCUT2D eigenvalue weighted by Gasteiger charge is 2.15. The molecule has 0 aliphatic heterocycles. The topological polar surface area (TPSA) is 65.4 Å². The van der Waals surface area contributed by atoms with Crippen molar-refractivity contribution in [1.29, 1.82) is 0 Å². The van der Waals surface area contributed by atoms with Crippen LogP contribution in [0.4, 0.5) is 10.2 Å². The van der Waals surface area contributed by atoms with E-state index in [0.717, 1.165) is 28.0 Å². The first-order chi connectivity index (χ1) is 16.8. The average molecular weight is 494 g/mol. The molecule has 35 heavy (non-hydrogen) atoms. The molecule has 4 rings (SSSR count). The molecule has 1 N–H and O–H groups in total. The summed E-state index contributed by atoms with van der Waals surface area (Å²) in [5, 5.41) is 7.40. The smallest absolute Gasteiger partial charge is 0.256 e. The molecule has 0 saturated heterocycles. The van der Waals surface area contributed by atoms with Crippen molar-refractivity contribution >= 4 is 23.3 Å². The lowest BCUT2D eigenvalue weighted by Gasteiger charge is -2.14. The van der Waals surface area contributed by atoms with Crippen molar-refractivity contribution in [3.8, 4) is 11.5 Å². The van der Waals surface area contributed by atoms with Gasteiger partial charge >= 0.3 is 0 Å². The Morgan fingerprint density at radius 3 is 2.57 bits per heavy atom. The Balaban J connectivity index is 1.48. The first kappa shape index (κ1) is 24.3. The van der Waals surface area contributed by atoms with Crippen molar-refractivity contribution < 1.29 is 18.7 Å². The van der Waals surface area contributed by atoms with Crippen molar-refractivity contribution in [3.05, 3.63) is 106 Å². The molecule has 0 unspecified atom stereocenters. The lowest BCUT2D eigenvalue weighted by Crippen LogP contribution is -2.14. The van der Waals surface area contributed by atoms with Gasteiger partial charge in [0.2, 0.25) is 0 Å². The molecule has 0 bridgehead atoms.